The van der Waals surface area contributed by atoms with Crippen LogP contribution >= 0.6 is 0 Å². The molecule has 1 aromatic carbocycles. The van der Waals surface area contributed by atoms with Crippen LogP contribution < -0.4 is 15.8 Å². The molecule has 138 valence electrons. The minimum Gasteiger partial charge on any atom is -0.481 e. The Labute approximate surface area is 146 Å². The summed E-state index contributed by atoms with van der Waals surface area (Å²) in [5.74, 6) is -0.182. The highest BCUT2D eigenvalue weighted by Gasteiger charge is 2.38. The largest absolute Gasteiger partial charge is 0.481 e. The summed E-state index contributed by atoms with van der Waals surface area (Å²) in [5.41, 5.74) is 4.88. The van der Waals surface area contributed by atoms with E-state index in [2.05, 4.69) is 5.32 Å². The van der Waals surface area contributed by atoms with Gasteiger partial charge in [0.2, 0.25) is 5.91 Å². The van der Waals surface area contributed by atoms with Crippen molar-refractivity contribution in [2.45, 2.75) is 39.2 Å². The van der Waals surface area contributed by atoms with Gasteiger partial charge in [0.25, 0.3) is 0 Å². The van der Waals surface area contributed by atoms with Crippen molar-refractivity contribution in [1.82, 2.24) is 0 Å². The van der Waals surface area contributed by atoms with Gasteiger partial charge in [-0.3, -0.25) is 14.9 Å². The zero-order chi connectivity index (χ0) is 18.7. The molecule has 1 amide bonds. The highest BCUT2D eigenvalue weighted by Crippen LogP contribution is 2.34. The molecular formula is C17H25N3O5. The van der Waals surface area contributed by atoms with E-state index in [0.29, 0.717) is 38.3 Å². The number of ether oxygens (including phenoxy) is 2. The molecule has 2 rings (SSSR count). The molecule has 1 heterocycles. The van der Waals surface area contributed by atoms with Gasteiger partial charge in [-0.05, 0) is 39.7 Å². The first-order chi connectivity index (χ1) is 11.6. The van der Waals surface area contributed by atoms with Gasteiger partial charge in [0.05, 0.1) is 10.3 Å². The predicted octanol–water partition coefficient (Wildman–Crippen LogP) is 2.47. The fourth-order valence-corrected chi connectivity index (χ4v) is 2.73. The quantitative estimate of drug-likeness (QED) is 0.600. The number of nitro benzene ring substituents is 1. The van der Waals surface area contributed by atoms with Crippen LogP contribution in [0.4, 0.5) is 11.4 Å². The Hall–Kier alpha value is -2.35. The van der Waals surface area contributed by atoms with E-state index in [-0.39, 0.29) is 17.3 Å². The Kier molecular flexibility index (Phi) is 5.52. The number of anilines is 1. The van der Waals surface area contributed by atoms with Crippen molar-refractivity contribution in [3.8, 4) is 5.75 Å². The molecule has 0 aliphatic carbocycles. The third-order valence-electron chi connectivity index (χ3n) is 4.18. The number of nitrogens with two attached hydrogens (primary N) is 1. The maximum absolute atomic E-state index is 11.9. The van der Waals surface area contributed by atoms with Gasteiger partial charge in [-0.25, -0.2) is 0 Å². The van der Waals surface area contributed by atoms with Crippen molar-refractivity contribution >= 4 is 17.3 Å². The zero-order valence-electron chi connectivity index (χ0n) is 14.8. The summed E-state index contributed by atoms with van der Waals surface area (Å²) in [6.45, 7) is 6.79. The van der Waals surface area contributed by atoms with Gasteiger partial charge in [0.15, 0.2) is 5.75 Å². The van der Waals surface area contributed by atoms with Crippen LogP contribution in [0.5, 0.6) is 5.75 Å². The maximum Gasteiger partial charge on any atom is 0.311 e. The van der Waals surface area contributed by atoms with Crippen LogP contribution in [0.15, 0.2) is 18.2 Å². The molecule has 8 nitrogen and oxygen atoms in total. The van der Waals surface area contributed by atoms with Crippen molar-refractivity contribution in [3.63, 3.8) is 0 Å². The summed E-state index contributed by atoms with van der Waals surface area (Å²) in [4.78, 5) is 22.6. The molecule has 0 bridgehead atoms. The molecule has 1 fully saturated rings. The first-order valence-electron chi connectivity index (χ1n) is 8.22. The average molecular weight is 351 g/mol. The number of primary amides is 1. The maximum atomic E-state index is 11.9. The smallest absolute Gasteiger partial charge is 0.311 e. The molecule has 1 aliphatic heterocycles. The Morgan fingerprint density at radius 1 is 1.40 bits per heavy atom. The van der Waals surface area contributed by atoms with Gasteiger partial charge in [0.1, 0.15) is 5.60 Å². The van der Waals surface area contributed by atoms with E-state index in [1.54, 1.807) is 12.1 Å². The van der Waals surface area contributed by atoms with Gasteiger partial charge in [-0.1, -0.05) is 0 Å². The number of rotatable bonds is 6. The number of carbonyl (C=O) groups is 1. The second-order valence-corrected chi connectivity index (χ2v) is 7.26. The summed E-state index contributed by atoms with van der Waals surface area (Å²) in [7, 11) is 0. The molecule has 0 saturated carbocycles. The fraction of sp³-hybridized carbons (Fsp3) is 0.588. The number of nitro groups is 1. The number of nitrogens with zero attached hydrogens (tertiary/aromatic N) is 1. The lowest BCUT2D eigenvalue weighted by molar-refractivity contribution is -0.386. The molecule has 1 aromatic rings. The molecule has 0 aromatic heterocycles. The molecule has 25 heavy (non-hydrogen) atoms. The predicted molar refractivity (Wildman–Crippen MR) is 93.6 cm³/mol. The normalized spacial score (nSPS) is 16.9. The molecular weight excluding hydrogens is 326 g/mol. The van der Waals surface area contributed by atoms with Crippen molar-refractivity contribution in [2.24, 2.45) is 11.1 Å². The lowest BCUT2D eigenvalue weighted by atomic mass is 9.79. The first-order valence-corrected chi connectivity index (χ1v) is 8.22. The van der Waals surface area contributed by atoms with E-state index in [0.717, 1.165) is 0 Å². The fourth-order valence-electron chi connectivity index (χ4n) is 2.73. The lowest BCUT2D eigenvalue weighted by Crippen LogP contribution is -2.46. The molecule has 1 saturated heterocycles. The monoisotopic (exact) mass is 351 g/mol. The van der Waals surface area contributed by atoms with Crippen molar-refractivity contribution in [3.05, 3.63) is 28.3 Å². The second-order valence-electron chi connectivity index (χ2n) is 7.26. The highest BCUT2D eigenvalue weighted by atomic mass is 16.6. The summed E-state index contributed by atoms with van der Waals surface area (Å²) in [6, 6.07) is 4.57. The van der Waals surface area contributed by atoms with Crippen LogP contribution in [0.1, 0.15) is 33.6 Å². The van der Waals surface area contributed by atoms with Crippen LogP contribution in [-0.4, -0.2) is 36.2 Å². The standard InChI is InChI=1S/C17H25N3O5/c1-16(2,3)25-14-10-12(4-5-13(14)20(22)23)19-11-17(15(18)21)6-8-24-9-7-17/h4-5,10,19H,6-9,11H2,1-3H3,(H2,18,21). The average Bonchev–Trinajstić information content (AvgIpc) is 2.52. The molecule has 3 N–H and O–H groups in total. The summed E-state index contributed by atoms with van der Waals surface area (Å²) in [6.07, 6.45) is 1.10. The Bertz CT molecular complexity index is 648. The molecule has 8 heteroatoms. The van der Waals surface area contributed by atoms with Crippen LogP contribution in [0.25, 0.3) is 0 Å². The number of benzene rings is 1. The van der Waals surface area contributed by atoms with E-state index in [4.69, 9.17) is 15.2 Å². The van der Waals surface area contributed by atoms with Gasteiger partial charge in [0, 0.05) is 37.6 Å². The zero-order valence-corrected chi connectivity index (χ0v) is 14.8. The minimum atomic E-state index is -0.676. The lowest BCUT2D eigenvalue weighted by Gasteiger charge is -2.34. The second kappa shape index (κ2) is 7.26. The minimum absolute atomic E-state index is 0.101. The third kappa shape index (κ3) is 4.82. The van der Waals surface area contributed by atoms with Crippen LogP contribution in [-0.2, 0) is 9.53 Å². The van der Waals surface area contributed by atoms with Gasteiger partial charge in [-0.15, -0.1) is 0 Å². The first kappa shape index (κ1) is 19.0. The van der Waals surface area contributed by atoms with E-state index in [9.17, 15) is 14.9 Å². The number of carbonyl (C=O) groups excluding carboxylic acids is 1. The van der Waals surface area contributed by atoms with Gasteiger partial charge in [-0.2, -0.15) is 0 Å². The summed E-state index contributed by atoms with van der Waals surface area (Å²) in [5, 5.41) is 14.4. The van der Waals surface area contributed by atoms with Crippen LogP contribution in [0, 0.1) is 15.5 Å². The number of nitrogens with one attached hydrogen (secondary N) is 1. The molecule has 0 radical (unpaired) electrons. The number of amides is 1. The van der Waals surface area contributed by atoms with Crippen LogP contribution in [0.3, 0.4) is 0 Å². The highest BCUT2D eigenvalue weighted by molar-refractivity contribution is 5.81. The van der Waals surface area contributed by atoms with Gasteiger partial charge >= 0.3 is 5.69 Å². The van der Waals surface area contributed by atoms with E-state index in [1.807, 2.05) is 20.8 Å². The van der Waals surface area contributed by atoms with E-state index in [1.165, 1.54) is 6.07 Å². The number of hydrogen-bond acceptors (Lipinski definition) is 6. The Balaban J connectivity index is 2.20. The molecule has 0 unspecified atom stereocenters. The van der Waals surface area contributed by atoms with Crippen molar-refractivity contribution in [2.75, 3.05) is 25.1 Å². The third-order valence-corrected chi connectivity index (χ3v) is 4.18. The van der Waals surface area contributed by atoms with Crippen LogP contribution in [0.2, 0.25) is 0 Å². The SMILES string of the molecule is CC(C)(C)Oc1cc(NCC2(C(N)=O)CCOCC2)ccc1[N+](=O)[O-]. The topological polar surface area (TPSA) is 117 Å². The van der Waals surface area contributed by atoms with E-state index < -0.39 is 15.9 Å². The molecule has 0 spiro atoms. The van der Waals surface area contributed by atoms with Crippen molar-refractivity contribution in [1.29, 1.82) is 0 Å². The number of hydrogen-bond donors (Lipinski definition) is 2. The Morgan fingerprint density at radius 3 is 2.56 bits per heavy atom. The van der Waals surface area contributed by atoms with Crippen molar-refractivity contribution < 1.29 is 19.2 Å². The molecule has 1 aliphatic rings. The van der Waals surface area contributed by atoms with E-state index >= 15 is 0 Å². The Morgan fingerprint density at radius 2 is 2.04 bits per heavy atom. The summed E-state index contributed by atoms with van der Waals surface area (Å²) >= 11 is 0. The molecule has 0 atom stereocenters. The summed E-state index contributed by atoms with van der Waals surface area (Å²) < 4.78 is 11.0. The van der Waals surface area contributed by atoms with Gasteiger partial charge < -0.3 is 20.5 Å².